The predicted octanol–water partition coefficient (Wildman–Crippen LogP) is 7.51. The predicted molar refractivity (Wildman–Crippen MR) is 117 cm³/mol. The summed E-state index contributed by atoms with van der Waals surface area (Å²) in [5.41, 5.74) is 2.05. The minimum Gasteiger partial charge on any atom is -0.490 e. The summed E-state index contributed by atoms with van der Waals surface area (Å²) in [5.74, 6) is 0.0487. The Morgan fingerprint density at radius 3 is 2.23 bits per heavy atom. The van der Waals surface area contributed by atoms with Gasteiger partial charge in [0, 0.05) is 28.9 Å². The van der Waals surface area contributed by atoms with Crippen molar-refractivity contribution in [2.45, 2.75) is 20.1 Å². The van der Waals surface area contributed by atoms with Crippen LogP contribution in [0.3, 0.4) is 0 Å². The minimum atomic E-state index is -0.485. The molecule has 8 heteroatoms. The van der Waals surface area contributed by atoms with Crippen LogP contribution in [0.5, 0.6) is 11.5 Å². The van der Waals surface area contributed by atoms with E-state index in [1.54, 1.807) is 24.3 Å². The van der Waals surface area contributed by atoms with Crippen LogP contribution in [0.2, 0.25) is 15.1 Å². The summed E-state index contributed by atoms with van der Waals surface area (Å²) in [7, 11) is 0. The quantitative estimate of drug-likeness (QED) is 0.368. The average Bonchev–Trinajstić information content (AvgIpc) is 2.70. The van der Waals surface area contributed by atoms with Gasteiger partial charge in [-0.1, -0.05) is 40.9 Å². The number of hydrogen-bond donors (Lipinski definition) is 1. The number of benzene rings is 3. The third-order valence-corrected chi connectivity index (χ3v) is 5.21. The van der Waals surface area contributed by atoms with E-state index < -0.39 is 11.6 Å². The fraction of sp³-hybridized carbons (Fsp3) is 0.182. The lowest BCUT2D eigenvalue weighted by atomic mass is 10.2. The molecule has 3 rings (SSSR count). The van der Waals surface area contributed by atoms with Crippen molar-refractivity contribution in [2.75, 3.05) is 11.9 Å². The molecule has 0 radical (unpaired) electrons. The van der Waals surface area contributed by atoms with Gasteiger partial charge in [0.25, 0.3) is 0 Å². The maximum absolute atomic E-state index is 13.3. The number of nitrogens with one attached hydrogen (secondary N) is 1. The topological polar surface area (TPSA) is 30.5 Å². The van der Waals surface area contributed by atoms with E-state index in [1.165, 1.54) is 24.3 Å². The molecule has 0 atom stereocenters. The van der Waals surface area contributed by atoms with Crippen molar-refractivity contribution in [3.8, 4) is 11.5 Å². The van der Waals surface area contributed by atoms with Gasteiger partial charge in [-0.05, 0) is 48.9 Å². The Morgan fingerprint density at radius 2 is 1.53 bits per heavy atom. The van der Waals surface area contributed by atoms with Gasteiger partial charge in [0.1, 0.15) is 18.2 Å². The van der Waals surface area contributed by atoms with Crippen molar-refractivity contribution in [3.05, 3.63) is 86.4 Å². The normalized spacial score (nSPS) is 10.7. The molecule has 3 aromatic carbocycles. The van der Waals surface area contributed by atoms with E-state index in [9.17, 15) is 8.78 Å². The molecular weight excluding hydrogens is 455 g/mol. The summed E-state index contributed by atoms with van der Waals surface area (Å²) >= 11 is 18.3. The second kappa shape index (κ2) is 10.2. The van der Waals surface area contributed by atoms with Crippen LogP contribution in [0.4, 0.5) is 14.5 Å². The summed E-state index contributed by atoms with van der Waals surface area (Å²) in [6.07, 6.45) is 0. The molecular formula is C22H18Cl3F2NO2. The maximum atomic E-state index is 13.3. The molecule has 0 unspecified atom stereocenters. The van der Waals surface area contributed by atoms with E-state index in [2.05, 4.69) is 5.32 Å². The Balaban J connectivity index is 1.76. The highest BCUT2D eigenvalue weighted by Gasteiger charge is 2.13. The largest absolute Gasteiger partial charge is 0.490 e. The Bertz CT molecular complexity index is 1050. The van der Waals surface area contributed by atoms with E-state index >= 15 is 0 Å². The molecule has 158 valence electrons. The van der Waals surface area contributed by atoms with Gasteiger partial charge in [0.15, 0.2) is 11.5 Å². The van der Waals surface area contributed by atoms with E-state index in [4.69, 9.17) is 44.3 Å². The second-order valence-corrected chi connectivity index (χ2v) is 7.55. The monoisotopic (exact) mass is 471 g/mol. The Hall–Kier alpha value is -2.21. The molecule has 0 aliphatic rings. The van der Waals surface area contributed by atoms with E-state index in [1.807, 2.05) is 6.92 Å². The lowest BCUT2D eigenvalue weighted by Gasteiger charge is -2.16. The summed E-state index contributed by atoms with van der Waals surface area (Å²) in [6.45, 7) is 2.77. The van der Waals surface area contributed by atoms with Crippen molar-refractivity contribution >= 4 is 40.5 Å². The first kappa shape index (κ1) is 22.5. The summed E-state index contributed by atoms with van der Waals surface area (Å²) in [4.78, 5) is 0. The molecule has 0 saturated carbocycles. The molecule has 0 fully saturated rings. The average molecular weight is 473 g/mol. The first-order valence-electron chi connectivity index (χ1n) is 9.08. The lowest BCUT2D eigenvalue weighted by molar-refractivity contribution is 0.269. The Morgan fingerprint density at radius 1 is 0.800 bits per heavy atom. The van der Waals surface area contributed by atoms with Crippen LogP contribution in [-0.4, -0.2) is 6.61 Å². The molecule has 0 amide bonds. The number of ether oxygens (including phenoxy) is 2. The zero-order valence-electron chi connectivity index (χ0n) is 15.9. The lowest BCUT2D eigenvalue weighted by Crippen LogP contribution is -2.04. The summed E-state index contributed by atoms with van der Waals surface area (Å²) < 4.78 is 38.0. The first-order chi connectivity index (χ1) is 14.4. The van der Waals surface area contributed by atoms with Gasteiger partial charge < -0.3 is 14.8 Å². The van der Waals surface area contributed by atoms with E-state index in [-0.39, 0.29) is 16.7 Å². The van der Waals surface area contributed by atoms with E-state index in [0.717, 1.165) is 5.56 Å². The highest BCUT2D eigenvalue weighted by atomic mass is 35.5. The molecule has 3 nitrogen and oxygen atoms in total. The van der Waals surface area contributed by atoms with Gasteiger partial charge >= 0.3 is 0 Å². The molecule has 0 aromatic heterocycles. The second-order valence-electron chi connectivity index (χ2n) is 6.33. The molecule has 0 saturated heterocycles. The molecule has 30 heavy (non-hydrogen) atoms. The van der Waals surface area contributed by atoms with Crippen LogP contribution >= 0.6 is 34.8 Å². The highest BCUT2D eigenvalue weighted by molar-refractivity contribution is 6.32. The van der Waals surface area contributed by atoms with Crippen LogP contribution in [-0.2, 0) is 13.2 Å². The van der Waals surface area contributed by atoms with Gasteiger partial charge in [0.05, 0.1) is 16.7 Å². The summed E-state index contributed by atoms with van der Waals surface area (Å²) in [6, 6.07) is 11.9. The fourth-order valence-electron chi connectivity index (χ4n) is 2.69. The number of halogens is 5. The molecule has 3 aromatic rings. The van der Waals surface area contributed by atoms with Crippen LogP contribution in [0, 0.1) is 11.6 Å². The zero-order chi connectivity index (χ0) is 21.7. The minimum absolute atomic E-state index is 0.0318. The van der Waals surface area contributed by atoms with Crippen LogP contribution in [0.25, 0.3) is 0 Å². The number of hydrogen-bond acceptors (Lipinski definition) is 3. The van der Waals surface area contributed by atoms with Gasteiger partial charge in [-0.3, -0.25) is 0 Å². The van der Waals surface area contributed by atoms with Gasteiger partial charge in [-0.2, -0.15) is 0 Å². The Labute approximate surface area is 188 Å². The fourth-order valence-corrected chi connectivity index (χ4v) is 3.31. The molecule has 0 spiro atoms. The van der Waals surface area contributed by atoms with Crippen molar-refractivity contribution in [3.63, 3.8) is 0 Å². The van der Waals surface area contributed by atoms with Gasteiger partial charge in [0.2, 0.25) is 0 Å². The van der Waals surface area contributed by atoms with Crippen LogP contribution in [0.1, 0.15) is 18.1 Å². The molecule has 1 N–H and O–H groups in total. The van der Waals surface area contributed by atoms with E-state index in [0.29, 0.717) is 40.9 Å². The molecule has 0 aliphatic heterocycles. The van der Waals surface area contributed by atoms with Crippen molar-refractivity contribution in [1.82, 2.24) is 0 Å². The first-order valence-corrected chi connectivity index (χ1v) is 10.2. The molecule has 0 bridgehead atoms. The van der Waals surface area contributed by atoms with Gasteiger partial charge in [-0.25, -0.2) is 8.78 Å². The van der Waals surface area contributed by atoms with Gasteiger partial charge in [-0.15, -0.1) is 0 Å². The van der Waals surface area contributed by atoms with Crippen molar-refractivity contribution in [1.29, 1.82) is 0 Å². The molecule has 0 heterocycles. The standard InChI is InChI=1S/C22H18Cl3F2NO2/c1-2-29-21-7-14(11-28-16-5-6-20(27)19(25)9-16)18(24)10-22(21)30-12-13-3-4-15(26)8-17(13)23/h3-10,28H,2,11-12H2,1H3. The third kappa shape index (κ3) is 5.69. The number of rotatable bonds is 8. The zero-order valence-corrected chi connectivity index (χ0v) is 18.2. The third-order valence-electron chi connectivity index (χ3n) is 4.21. The van der Waals surface area contributed by atoms with Crippen LogP contribution < -0.4 is 14.8 Å². The van der Waals surface area contributed by atoms with Crippen molar-refractivity contribution < 1.29 is 18.3 Å². The summed E-state index contributed by atoms with van der Waals surface area (Å²) in [5, 5.41) is 3.91. The molecule has 0 aliphatic carbocycles. The smallest absolute Gasteiger partial charge is 0.163 e. The van der Waals surface area contributed by atoms with Crippen LogP contribution in [0.15, 0.2) is 48.5 Å². The Kier molecular flexibility index (Phi) is 7.64. The highest BCUT2D eigenvalue weighted by Crippen LogP contribution is 2.35. The SMILES string of the molecule is CCOc1cc(CNc2ccc(F)c(Cl)c2)c(Cl)cc1OCc1ccc(F)cc1Cl. The maximum Gasteiger partial charge on any atom is 0.163 e. The van der Waals surface area contributed by atoms with Crippen molar-refractivity contribution in [2.24, 2.45) is 0 Å². The number of anilines is 1.